The smallest absolute Gasteiger partial charge is 0.411 e. The van der Waals surface area contributed by atoms with Gasteiger partial charge < -0.3 is 24.5 Å². The van der Waals surface area contributed by atoms with Gasteiger partial charge in [0.15, 0.2) is 5.82 Å². The summed E-state index contributed by atoms with van der Waals surface area (Å²) in [5.41, 5.74) is 0.789. The maximum Gasteiger partial charge on any atom is 0.411 e. The highest BCUT2D eigenvalue weighted by molar-refractivity contribution is 5.80. The summed E-state index contributed by atoms with van der Waals surface area (Å²) < 4.78 is 48.8. The van der Waals surface area contributed by atoms with Crippen LogP contribution in [-0.2, 0) is 11.3 Å². The normalized spacial score (nSPS) is 20.4. The molecule has 1 aliphatic rings. The number of pyridine rings is 2. The number of halogens is 3. The van der Waals surface area contributed by atoms with Gasteiger partial charge in [0.1, 0.15) is 12.1 Å². The van der Waals surface area contributed by atoms with E-state index in [1.54, 1.807) is 31.3 Å². The van der Waals surface area contributed by atoms with E-state index in [1.807, 2.05) is 0 Å². The number of nitrogens with zero attached hydrogens (tertiary/aromatic N) is 4. The molecule has 0 aliphatic heterocycles. The van der Waals surface area contributed by atoms with Crippen molar-refractivity contribution in [1.82, 2.24) is 19.5 Å². The van der Waals surface area contributed by atoms with E-state index >= 15 is 0 Å². The largest absolute Gasteiger partial charge is 0.481 e. The van der Waals surface area contributed by atoms with Crippen LogP contribution < -0.4 is 15.6 Å². The number of alkyl halides is 3. The van der Waals surface area contributed by atoms with Crippen molar-refractivity contribution in [2.24, 2.45) is 0 Å². The van der Waals surface area contributed by atoms with Gasteiger partial charge in [0.05, 0.1) is 36.7 Å². The SMILES string of the molecule is COc1ccc(-c2cc3c(cn2)nc(NC2CCC(C)(O)CC2)c(=O)n3CCOCC(F)(F)F)cn1. The summed E-state index contributed by atoms with van der Waals surface area (Å²) >= 11 is 0. The number of aliphatic hydroxyl groups is 1. The standard InChI is InChI=1S/C24H28F3N5O4/c1-23(34)7-5-16(6-8-23)30-21-22(33)32(9-10-36-14-24(25,26)27)19-11-17(28-13-18(19)31-21)15-3-4-20(35-2)29-12-15/h3-4,11-13,16,34H,5-10,14H2,1-2H3,(H,30,31). The summed E-state index contributed by atoms with van der Waals surface area (Å²) in [6, 6.07) is 5.02. The Labute approximate surface area is 205 Å². The average molecular weight is 508 g/mol. The molecule has 1 fully saturated rings. The molecule has 4 rings (SSSR count). The summed E-state index contributed by atoms with van der Waals surface area (Å²) in [6.07, 6.45) is 1.10. The zero-order valence-corrected chi connectivity index (χ0v) is 20.0. The number of anilines is 1. The molecule has 1 saturated carbocycles. The first-order valence-corrected chi connectivity index (χ1v) is 11.6. The van der Waals surface area contributed by atoms with Crippen LogP contribution in [0.4, 0.5) is 19.0 Å². The fraction of sp³-hybridized carbons (Fsp3) is 0.500. The topological polar surface area (TPSA) is 111 Å². The van der Waals surface area contributed by atoms with Crippen molar-refractivity contribution in [3.8, 4) is 17.1 Å². The van der Waals surface area contributed by atoms with Gasteiger partial charge in [0.2, 0.25) is 5.88 Å². The van der Waals surface area contributed by atoms with Crippen molar-refractivity contribution in [2.75, 3.05) is 25.6 Å². The van der Waals surface area contributed by atoms with E-state index in [2.05, 4.69) is 20.3 Å². The van der Waals surface area contributed by atoms with E-state index in [-0.39, 0.29) is 25.0 Å². The molecule has 12 heteroatoms. The summed E-state index contributed by atoms with van der Waals surface area (Å²) in [5, 5.41) is 13.4. The second-order valence-electron chi connectivity index (χ2n) is 9.15. The molecule has 194 valence electrons. The lowest BCUT2D eigenvalue weighted by molar-refractivity contribution is -0.174. The van der Waals surface area contributed by atoms with E-state index in [9.17, 15) is 23.1 Å². The Morgan fingerprint density at radius 2 is 1.97 bits per heavy atom. The molecule has 1 aliphatic carbocycles. The number of aromatic nitrogens is 4. The van der Waals surface area contributed by atoms with Crippen LogP contribution in [0.5, 0.6) is 5.88 Å². The van der Waals surface area contributed by atoms with Gasteiger partial charge >= 0.3 is 6.18 Å². The minimum Gasteiger partial charge on any atom is -0.481 e. The summed E-state index contributed by atoms with van der Waals surface area (Å²) in [6.45, 7) is -0.0342. The minimum atomic E-state index is -4.46. The Kier molecular flexibility index (Phi) is 7.46. The summed E-state index contributed by atoms with van der Waals surface area (Å²) in [5.74, 6) is 0.519. The van der Waals surface area contributed by atoms with Gasteiger partial charge in [0, 0.05) is 30.4 Å². The van der Waals surface area contributed by atoms with E-state index in [4.69, 9.17) is 9.47 Å². The number of rotatable bonds is 8. The van der Waals surface area contributed by atoms with Crippen molar-refractivity contribution >= 4 is 16.9 Å². The van der Waals surface area contributed by atoms with Crippen LogP contribution in [0.2, 0.25) is 0 Å². The fourth-order valence-corrected chi connectivity index (χ4v) is 4.19. The van der Waals surface area contributed by atoms with Crippen LogP contribution >= 0.6 is 0 Å². The predicted octanol–water partition coefficient (Wildman–Crippen LogP) is 3.55. The van der Waals surface area contributed by atoms with Gasteiger partial charge in [0.25, 0.3) is 5.56 Å². The first kappa shape index (κ1) is 25.8. The van der Waals surface area contributed by atoms with E-state index < -0.39 is 23.9 Å². The molecule has 0 unspecified atom stereocenters. The molecule has 0 atom stereocenters. The molecule has 3 aromatic heterocycles. The molecule has 0 bridgehead atoms. The zero-order valence-electron chi connectivity index (χ0n) is 20.0. The number of hydrogen-bond donors (Lipinski definition) is 2. The van der Waals surface area contributed by atoms with E-state index in [0.717, 1.165) is 0 Å². The van der Waals surface area contributed by atoms with Crippen LogP contribution in [0.1, 0.15) is 32.6 Å². The first-order chi connectivity index (χ1) is 17.0. The number of ether oxygens (including phenoxy) is 2. The molecule has 3 aromatic rings. The number of hydrogen-bond acceptors (Lipinski definition) is 8. The van der Waals surface area contributed by atoms with Crippen LogP contribution in [0, 0.1) is 0 Å². The fourth-order valence-electron chi connectivity index (χ4n) is 4.19. The van der Waals surface area contributed by atoms with Gasteiger partial charge in [-0.25, -0.2) is 9.97 Å². The molecule has 36 heavy (non-hydrogen) atoms. The number of fused-ring (bicyclic) bond motifs is 1. The van der Waals surface area contributed by atoms with Crippen LogP contribution in [0.15, 0.2) is 35.4 Å². The maximum atomic E-state index is 13.4. The Balaban J connectivity index is 1.67. The summed E-state index contributed by atoms with van der Waals surface area (Å²) in [7, 11) is 1.50. The minimum absolute atomic E-state index is 0.0598. The molecule has 9 nitrogen and oxygen atoms in total. The monoisotopic (exact) mass is 507 g/mol. The lowest BCUT2D eigenvalue weighted by Crippen LogP contribution is -2.38. The molecule has 0 aromatic carbocycles. The molecular formula is C24H28F3N5O4. The van der Waals surface area contributed by atoms with Gasteiger partial charge in [-0.2, -0.15) is 13.2 Å². The molecule has 0 spiro atoms. The highest BCUT2D eigenvalue weighted by atomic mass is 19.4. The highest BCUT2D eigenvalue weighted by Crippen LogP contribution is 2.29. The van der Waals surface area contributed by atoms with Crippen LogP contribution in [-0.4, -0.2) is 62.8 Å². The Hall–Kier alpha value is -3.25. The van der Waals surface area contributed by atoms with Gasteiger partial charge in [-0.15, -0.1) is 0 Å². The third-order valence-corrected chi connectivity index (χ3v) is 6.20. The van der Waals surface area contributed by atoms with Crippen molar-refractivity contribution in [3.05, 3.63) is 40.9 Å². The van der Waals surface area contributed by atoms with Gasteiger partial charge in [-0.1, -0.05) is 0 Å². The molecule has 2 N–H and O–H groups in total. The summed E-state index contributed by atoms with van der Waals surface area (Å²) in [4.78, 5) is 26.4. The number of methoxy groups -OCH3 is 1. The van der Waals surface area contributed by atoms with E-state index in [0.29, 0.717) is 53.9 Å². The van der Waals surface area contributed by atoms with E-state index in [1.165, 1.54) is 17.9 Å². The second-order valence-corrected chi connectivity index (χ2v) is 9.15. The van der Waals surface area contributed by atoms with Gasteiger partial charge in [-0.3, -0.25) is 9.78 Å². The van der Waals surface area contributed by atoms with Crippen LogP contribution in [0.25, 0.3) is 22.3 Å². The molecule has 0 saturated heterocycles. The Morgan fingerprint density at radius 1 is 1.22 bits per heavy atom. The average Bonchev–Trinajstić information content (AvgIpc) is 2.84. The molecular weight excluding hydrogens is 479 g/mol. The number of nitrogens with one attached hydrogen (secondary N) is 1. The van der Waals surface area contributed by atoms with Crippen LogP contribution in [0.3, 0.4) is 0 Å². The van der Waals surface area contributed by atoms with Crippen molar-refractivity contribution in [1.29, 1.82) is 0 Å². The zero-order chi connectivity index (χ0) is 25.9. The maximum absolute atomic E-state index is 13.4. The third-order valence-electron chi connectivity index (χ3n) is 6.20. The predicted molar refractivity (Wildman–Crippen MR) is 127 cm³/mol. The van der Waals surface area contributed by atoms with Crippen molar-refractivity contribution < 1.29 is 27.8 Å². The highest BCUT2D eigenvalue weighted by Gasteiger charge is 2.30. The van der Waals surface area contributed by atoms with Crippen molar-refractivity contribution in [3.63, 3.8) is 0 Å². The van der Waals surface area contributed by atoms with Crippen molar-refractivity contribution in [2.45, 2.75) is 57.0 Å². The second kappa shape index (κ2) is 10.4. The lowest BCUT2D eigenvalue weighted by Gasteiger charge is -2.33. The lowest BCUT2D eigenvalue weighted by atomic mass is 9.84. The molecule has 0 amide bonds. The third kappa shape index (κ3) is 6.30. The van der Waals surface area contributed by atoms with Gasteiger partial charge in [-0.05, 0) is 44.7 Å². The Bertz CT molecular complexity index is 1250. The first-order valence-electron chi connectivity index (χ1n) is 11.6. The molecule has 3 heterocycles. The quantitative estimate of drug-likeness (QED) is 0.446. The molecule has 0 radical (unpaired) electrons. The Morgan fingerprint density at radius 3 is 2.61 bits per heavy atom.